The normalized spacial score (nSPS) is 11.7. The first-order chi connectivity index (χ1) is 12.6. The van der Waals surface area contributed by atoms with Crippen LogP contribution in [0.25, 0.3) is 6.08 Å². The van der Waals surface area contributed by atoms with E-state index >= 15 is 0 Å². The van der Waals surface area contributed by atoms with Gasteiger partial charge in [-0.2, -0.15) is 0 Å². The third-order valence-corrected chi connectivity index (χ3v) is 4.30. The Morgan fingerprint density at radius 3 is 2.41 bits per heavy atom. The molecule has 0 spiro atoms. The molecular weight excluding hydrogens is 338 g/mol. The maximum atomic E-state index is 12.4. The van der Waals surface area contributed by atoms with E-state index < -0.39 is 5.41 Å². The topological polar surface area (TPSA) is 72.6 Å². The van der Waals surface area contributed by atoms with Crippen LogP contribution in [0.15, 0.2) is 55.1 Å². The Morgan fingerprint density at radius 1 is 1.22 bits per heavy atom. The minimum Gasteiger partial charge on any atom is -0.507 e. The number of nitrogens with two attached hydrogens (primary N) is 1. The van der Waals surface area contributed by atoms with Gasteiger partial charge in [0.15, 0.2) is 5.78 Å². The highest BCUT2D eigenvalue weighted by molar-refractivity contribution is 6.07. The minimum atomic E-state index is -0.427. The van der Waals surface area contributed by atoms with Crippen LogP contribution in [0.3, 0.4) is 0 Å². The fraction of sp³-hybridized carbons (Fsp3) is 0.261. The zero-order valence-corrected chi connectivity index (χ0v) is 16.3. The van der Waals surface area contributed by atoms with Gasteiger partial charge in [0, 0.05) is 33.9 Å². The zero-order chi connectivity index (χ0) is 20.2. The molecule has 0 saturated heterocycles. The van der Waals surface area contributed by atoms with Gasteiger partial charge in [0.1, 0.15) is 11.5 Å². The van der Waals surface area contributed by atoms with Gasteiger partial charge in [-0.25, -0.2) is 0 Å². The predicted octanol–water partition coefficient (Wildman–Crippen LogP) is 5.12. The van der Waals surface area contributed by atoms with Crippen LogP contribution in [0, 0.1) is 0 Å². The maximum Gasteiger partial charge on any atom is 0.185 e. The van der Waals surface area contributed by atoms with Crippen molar-refractivity contribution in [2.45, 2.75) is 39.2 Å². The number of hydrogen-bond donors (Lipinski definition) is 2. The Morgan fingerprint density at radius 2 is 1.85 bits per heavy atom. The summed E-state index contributed by atoms with van der Waals surface area (Å²) < 4.78 is 5.82. The summed E-state index contributed by atoms with van der Waals surface area (Å²) in [6.07, 6.45) is 4.91. The Balaban J connectivity index is 2.45. The van der Waals surface area contributed by atoms with Gasteiger partial charge in [-0.15, -0.1) is 6.58 Å². The van der Waals surface area contributed by atoms with Crippen molar-refractivity contribution in [1.82, 2.24) is 0 Å². The van der Waals surface area contributed by atoms with Crippen molar-refractivity contribution in [3.05, 3.63) is 71.8 Å². The summed E-state index contributed by atoms with van der Waals surface area (Å²) in [7, 11) is 0. The number of carbonyl (C=O) groups excluding carboxylic acids is 1. The molecule has 0 atom stereocenters. The molecule has 2 aromatic rings. The number of rotatable bonds is 7. The molecule has 0 aromatic heterocycles. The molecule has 0 radical (unpaired) electrons. The molecule has 0 aliphatic rings. The van der Waals surface area contributed by atoms with Crippen LogP contribution in [-0.2, 0) is 5.41 Å². The lowest BCUT2D eigenvalue weighted by Gasteiger charge is -2.24. The summed E-state index contributed by atoms with van der Waals surface area (Å²) in [6, 6.07) is 10.2. The highest BCUT2D eigenvalue weighted by Crippen LogP contribution is 2.37. The van der Waals surface area contributed by atoms with Crippen molar-refractivity contribution in [3.63, 3.8) is 0 Å². The van der Waals surface area contributed by atoms with Crippen LogP contribution in [0.4, 0.5) is 5.69 Å². The van der Waals surface area contributed by atoms with E-state index in [2.05, 4.69) is 6.58 Å². The molecule has 4 heteroatoms. The molecule has 0 unspecified atom stereocenters. The molecule has 0 heterocycles. The lowest BCUT2D eigenvalue weighted by molar-refractivity contribution is 0.104. The Kier molecular flexibility index (Phi) is 6.11. The number of hydrogen-bond acceptors (Lipinski definition) is 4. The Labute approximate surface area is 161 Å². The van der Waals surface area contributed by atoms with Gasteiger partial charge in [-0.05, 0) is 56.3 Å². The molecule has 0 aliphatic carbocycles. The van der Waals surface area contributed by atoms with Crippen molar-refractivity contribution in [1.29, 1.82) is 0 Å². The molecule has 0 fully saturated rings. The highest BCUT2D eigenvalue weighted by atomic mass is 16.5. The number of ketones is 1. The molecule has 0 amide bonds. The standard InChI is InChI=1S/C23H27NO3/c1-6-23(4,5)19-13-17(22(14-21(19)26)27-15(2)3)9-12-20(25)16-7-10-18(24)11-8-16/h6-15,26H,1,24H2,2-5H3. The van der Waals surface area contributed by atoms with Gasteiger partial charge >= 0.3 is 0 Å². The quantitative estimate of drug-likeness (QED) is 0.309. The van der Waals surface area contributed by atoms with E-state index in [4.69, 9.17) is 10.5 Å². The lowest BCUT2D eigenvalue weighted by Crippen LogP contribution is -2.14. The summed E-state index contributed by atoms with van der Waals surface area (Å²) in [5, 5.41) is 10.4. The second kappa shape index (κ2) is 8.12. The van der Waals surface area contributed by atoms with Crippen molar-refractivity contribution >= 4 is 17.5 Å². The number of aromatic hydroxyl groups is 1. The average molecular weight is 365 g/mol. The monoisotopic (exact) mass is 365 g/mol. The molecule has 27 heavy (non-hydrogen) atoms. The number of anilines is 1. The lowest BCUT2D eigenvalue weighted by atomic mass is 9.83. The van der Waals surface area contributed by atoms with E-state index in [1.165, 1.54) is 6.08 Å². The molecule has 4 nitrogen and oxygen atoms in total. The molecule has 2 aromatic carbocycles. The van der Waals surface area contributed by atoms with Gasteiger partial charge in [0.05, 0.1) is 6.10 Å². The molecule has 0 saturated carbocycles. The number of allylic oxidation sites excluding steroid dienone is 2. The summed E-state index contributed by atoms with van der Waals surface area (Å²) in [5.41, 5.74) is 7.83. The second-order valence-corrected chi connectivity index (χ2v) is 7.32. The first kappa shape index (κ1) is 20.3. The van der Waals surface area contributed by atoms with Gasteiger partial charge in [-0.3, -0.25) is 4.79 Å². The van der Waals surface area contributed by atoms with E-state index in [-0.39, 0.29) is 17.6 Å². The smallest absolute Gasteiger partial charge is 0.185 e. The molecule has 3 N–H and O–H groups in total. The van der Waals surface area contributed by atoms with Crippen molar-refractivity contribution < 1.29 is 14.6 Å². The first-order valence-electron chi connectivity index (χ1n) is 8.89. The van der Waals surface area contributed by atoms with E-state index in [1.807, 2.05) is 33.8 Å². The first-order valence-corrected chi connectivity index (χ1v) is 8.89. The van der Waals surface area contributed by atoms with Gasteiger partial charge < -0.3 is 15.6 Å². The third-order valence-electron chi connectivity index (χ3n) is 4.30. The highest BCUT2D eigenvalue weighted by Gasteiger charge is 2.22. The van der Waals surface area contributed by atoms with Crippen LogP contribution >= 0.6 is 0 Å². The van der Waals surface area contributed by atoms with Crippen LogP contribution in [0.5, 0.6) is 11.5 Å². The number of phenols is 1. The fourth-order valence-electron chi connectivity index (χ4n) is 2.61. The molecule has 2 rings (SSSR count). The van der Waals surface area contributed by atoms with Gasteiger partial charge in [0.2, 0.25) is 0 Å². The molecule has 142 valence electrons. The number of ether oxygens (including phenoxy) is 1. The average Bonchev–Trinajstić information content (AvgIpc) is 2.60. The minimum absolute atomic E-state index is 0.0670. The summed E-state index contributed by atoms with van der Waals surface area (Å²) in [4.78, 5) is 12.4. The Hall–Kier alpha value is -3.01. The van der Waals surface area contributed by atoms with E-state index in [1.54, 1.807) is 42.5 Å². The van der Waals surface area contributed by atoms with E-state index in [0.29, 0.717) is 22.6 Å². The number of phenolic OH excluding ortho intramolecular Hbond substituents is 1. The summed E-state index contributed by atoms with van der Waals surface area (Å²) in [6.45, 7) is 11.6. The third kappa shape index (κ3) is 5.00. The number of carbonyl (C=O) groups is 1. The summed E-state index contributed by atoms with van der Waals surface area (Å²) in [5.74, 6) is 0.521. The van der Waals surface area contributed by atoms with E-state index in [9.17, 15) is 9.90 Å². The van der Waals surface area contributed by atoms with Crippen LogP contribution in [0.2, 0.25) is 0 Å². The maximum absolute atomic E-state index is 12.4. The molecular formula is C23H27NO3. The second-order valence-electron chi connectivity index (χ2n) is 7.32. The largest absolute Gasteiger partial charge is 0.507 e. The van der Waals surface area contributed by atoms with Crippen molar-refractivity contribution in [2.75, 3.05) is 5.73 Å². The SMILES string of the molecule is C=CC(C)(C)c1cc(C=CC(=O)c2ccc(N)cc2)c(OC(C)C)cc1O. The van der Waals surface area contributed by atoms with Crippen molar-refractivity contribution in [3.8, 4) is 11.5 Å². The van der Waals surface area contributed by atoms with Gasteiger partial charge in [0.25, 0.3) is 0 Å². The van der Waals surface area contributed by atoms with Crippen molar-refractivity contribution in [2.24, 2.45) is 0 Å². The number of nitrogen functional groups attached to an aromatic ring is 1. The number of benzene rings is 2. The zero-order valence-electron chi connectivity index (χ0n) is 16.3. The van der Waals surface area contributed by atoms with Gasteiger partial charge in [-0.1, -0.05) is 19.9 Å². The molecule has 0 bridgehead atoms. The Bertz CT molecular complexity index is 862. The summed E-state index contributed by atoms with van der Waals surface area (Å²) >= 11 is 0. The fourth-order valence-corrected chi connectivity index (χ4v) is 2.61. The van der Waals surface area contributed by atoms with Crippen LogP contribution < -0.4 is 10.5 Å². The van der Waals surface area contributed by atoms with E-state index in [0.717, 1.165) is 5.56 Å². The van der Waals surface area contributed by atoms with Crippen LogP contribution in [-0.4, -0.2) is 17.0 Å². The predicted molar refractivity (Wildman–Crippen MR) is 111 cm³/mol. The van der Waals surface area contributed by atoms with Crippen LogP contribution in [0.1, 0.15) is 49.2 Å². The molecule has 0 aliphatic heterocycles.